The summed E-state index contributed by atoms with van der Waals surface area (Å²) in [6.07, 6.45) is -10.2. The minimum Gasteiger partial charge on any atom is -0.497 e. The Kier molecular flexibility index (Phi) is 11.8. The third kappa shape index (κ3) is 10.5. The van der Waals surface area contributed by atoms with Gasteiger partial charge in [-0.2, -0.15) is 26.3 Å². The Hall–Kier alpha value is -2.62. The smallest absolute Gasteiger partial charge is 0.490 e. The first-order valence-electron chi connectivity index (χ1n) is 12.1. The van der Waals surface area contributed by atoms with Crippen molar-refractivity contribution in [3.05, 3.63) is 29.8 Å². The number of alkyl halides is 6. The molecule has 3 aliphatic rings. The SMILES string of the molecule is COc1ccc(CN2C[C@@H]3COC[C@@H](N4CCN(C)CC4)[C@@H]3C2)cc1.O=C(O)C(F)(F)F.O=C(O)C(F)(F)F. The van der Waals surface area contributed by atoms with Crippen LogP contribution in [0.25, 0.3) is 0 Å². The van der Waals surface area contributed by atoms with Gasteiger partial charge >= 0.3 is 24.3 Å². The van der Waals surface area contributed by atoms with Crippen LogP contribution in [0.3, 0.4) is 0 Å². The minimum atomic E-state index is -5.08. The maximum atomic E-state index is 10.6. The molecule has 0 aliphatic carbocycles. The molecule has 3 saturated heterocycles. The molecule has 15 heteroatoms. The summed E-state index contributed by atoms with van der Waals surface area (Å²) in [5.41, 5.74) is 1.37. The van der Waals surface area contributed by atoms with Crippen LogP contribution in [-0.2, 0) is 20.9 Å². The molecule has 0 aromatic heterocycles. The Morgan fingerprint density at radius 3 is 1.90 bits per heavy atom. The van der Waals surface area contributed by atoms with E-state index in [2.05, 4.69) is 46.0 Å². The number of carboxylic acid groups (broad SMARTS) is 2. The second-order valence-electron chi connectivity index (χ2n) is 9.52. The van der Waals surface area contributed by atoms with Gasteiger partial charge in [-0.1, -0.05) is 12.1 Å². The molecule has 9 nitrogen and oxygen atoms in total. The van der Waals surface area contributed by atoms with Crippen LogP contribution in [0.2, 0.25) is 0 Å². The summed E-state index contributed by atoms with van der Waals surface area (Å²) in [5, 5.41) is 14.2. The number of hydrogen-bond acceptors (Lipinski definition) is 7. The number of fused-ring (bicyclic) bond motifs is 1. The van der Waals surface area contributed by atoms with Gasteiger partial charge in [0.15, 0.2) is 0 Å². The quantitative estimate of drug-likeness (QED) is 0.527. The largest absolute Gasteiger partial charge is 0.497 e. The van der Waals surface area contributed by atoms with Crippen LogP contribution >= 0.6 is 0 Å². The number of likely N-dealkylation sites (N-methyl/N-ethyl adjacent to an activating group) is 1. The predicted octanol–water partition coefficient (Wildman–Crippen LogP) is 2.66. The van der Waals surface area contributed by atoms with Gasteiger partial charge in [-0.05, 0) is 30.7 Å². The molecule has 222 valence electrons. The van der Waals surface area contributed by atoms with Crippen LogP contribution in [0.1, 0.15) is 5.56 Å². The van der Waals surface area contributed by atoms with Crippen LogP contribution in [-0.4, -0.2) is 122 Å². The number of aliphatic carboxylic acids is 2. The van der Waals surface area contributed by atoms with Gasteiger partial charge in [0.05, 0.1) is 20.3 Å². The van der Waals surface area contributed by atoms with Crippen LogP contribution in [0, 0.1) is 11.8 Å². The lowest BCUT2D eigenvalue weighted by atomic mass is 9.86. The number of likely N-dealkylation sites (tertiary alicyclic amines) is 1. The fraction of sp³-hybridized carbons (Fsp3) is 0.667. The average Bonchev–Trinajstić information content (AvgIpc) is 3.27. The van der Waals surface area contributed by atoms with E-state index in [1.54, 1.807) is 7.11 Å². The monoisotopic (exact) mass is 573 g/mol. The molecule has 0 amide bonds. The van der Waals surface area contributed by atoms with Gasteiger partial charge < -0.3 is 24.6 Å². The highest BCUT2D eigenvalue weighted by Crippen LogP contribution is 2.34. The number of hydrogen-bond donors (Lipinski definition) is 2. The standard InChI is InChI=1S/C20H31N3O2.2C2HF3O2/c1-21-7-9-23(10-8-21)20-15-25-14-17-12-22(13-19(17)20)11-16-3-5-18(24-2)6-4-16;2*3-2(4,5)1(6)7/h3-6,17,19-20H,7-15H2,1-2H3;2*(H,6,7)/t17-,19-,20-;;/m1../s1. The predicted molar refractivity (Wildman–Crippen MR) is 126 cm³/mol. The fourth-order valence-electron chi connectivity index (χ4n) is 4.71. The topological polar surface area (TPSA) is 103 Å². The summed E-state index contributed by atoms with van der Waals surface area (Å²) in [7, 11) is 3.95. The molecule has 3 heterocycles. The van der Waals surface area contributed by atoms with Crippen molar-refractivity contribution in [3.8, 4) is 5.75 Å². The number of carbonyl (C=O) groups is 2. The van der Waals surface area contributed by atoms with E-state index < -0.39 is 24.3 Å². The number of piperazine rings is 1. The van der Waals surface area contributed by atoms with Crippen molar-refractivity contribution >= 4 is 11.9 Å². The van der Waals surface area contributed by atoms with E-state index >= 15 is 0 Å². The zero-order valence-corrected chi connectivity index (χ0v) is 21.5. The molecule has 3 fully saturated rings. The van der Waals surface area contributed by atoms with E-state index in [-0.39, 0.29) is 0 Å². The zero-order chi connectivity index (χ0) is 29.4. The number of methoxy groups -OCH3 is 1. The lowest BCUT2D eigenvalue weighted by Crippen LogP contribution is -2.56. The molecule has 2 N–H and O–H groups in total. The number of rotatable bonds is 4. The summed E-state index contributed by atoms with van der Waals surface area (Å²) < 4.78 is 74.7. The van der Waals surface area contributed by atoms with Crippen LogP contribution < -0.4 is 4.74 Å². The molecule has 0 bridgehead atoms. The Labute approximate surface area is 221 Å². The normalized spacial score (nSPS) is 24.5. The number of ether oxygens (including phenoxy) is 2. The van der Waals surface area contributed by atoms with Crippen LogP contribution in [0.4, 0.5) is 26.3 Å². The molecule has 3 atom stereocenters. The summed E-state index contributed by atoms with van der Waals surface area (Å²) in [6, 6.07) is 9.11. The van der Waals surface area contributed by atoms with Gasteiger partial charge in [0.25, 0.3) is 0 Å². The lowest BCUT2D eigenvalue weighted by molar-refractivity contribution is -0.193. The van der Waals surface area contributed by atoms with E-state index in [1.807, 2.05) is 0 Å². The average molecular weight is 574 g/mol. The number of benzene rings is 1. The molecule has 4 rings (SSSR count). The van der Waals surface area contributed by atoms with Gasteiger partial charge in [0, 0.05) is 57.8 Å². The molecule has 39 heavy (non-hydrogen) atoms. The highest BCUT2D eigenvalue weighted by Gasteiger charge is 2.43. The summed E-state index contributed by atoms with van der Waals surface area (Å²) in [5.74, 6) is -3.13. The molecule has 1 aromatic rings. The van der Waals surface area contributed by atoms with Gasteiger partial charge in [-0.15, -0.1) is 0 Å². The van der Waals surface area contributed by atoms with Gasteiger partial charge in [0.2, 0.25) is 0 Å². The second-order valence-corrected chi connectivity index (χ2v) is 9.52. The zero-order valence-electron chi connectivity index (χ0n) is 21.5. The van der Waals surface area contributed by atoms with Crippen molar-refractivity contribution in [2.45, 2.75) is 24.9 Å². The first-order chi connectivity index (χ1) is 18.1. The van der Waals surface area contributed by atoms with Crippen molar-refractivity contribution in [1.82, 2.24) is 14.7 Å². The molecule has 0 spiro atoms. The first-order valence-corrected chi connectivity index (χ1v) is 12.1. The van der Waals surface area contributed by atoms with Crippen molar-refractivity contribution in [1.29, 1.82) is 0 Å². The molecular formula is C24H33F6N3O6. The van der Waals surface area contributed by atoms with Crippen molar-refractivity contribution in [3.63, 3.8) is 0 Å². The fourth-order valence-corrected chi connectivity index (χ4v) is 4.71. The van der Waals surface area contributed by atoms with E-state index in [0.717, 1.165) is 31.4 Å². The minimum absolute atomic E-state index is 0.605. The maximum Gasteiger partial charge on any atom is 0.490 e. The Balaban J connectivity index is 0.000000317. The van der Waals surface area contributed by atoms with E-state index in [1.165, 1.54) is 44.8 Å². The lowest BCUT2D eigenvalue weighted by Gasteiger charge is -2.44. The molecule has 3 aliphatic heterocycles. The Bertz CT molecular complexity index is 898. The van der Waals surface area contributed by atoms with E-state index in [9.17, 15) is 26.3 Å². The number of halogens is 6. The second kappa shape index (κ2) is 14.1. The molecule has 1 aromatic carbocycles. The van der Waals surface area contributed by atoms with Gasteiger partial charge in [0.1, 0.15) is 5.75 Å². The third-order valence-electron chi connectivity index (χ3n) is 6.74. The first kappa shape index (κ1) is 32.6. The van der Waals surface area contributed by atoms with E-state index in [0.29, 0.717) is 12.0 Å². The summed E-state index contributed by atoms with van der Waals surface area (Å²) in [6.45, 7) is 10.0. The Morgan fingerprint density at radius 1 is 0.923 bits per heavy atom. The summed E-state index contributed by atoms with van der Waals surface area (Å²) >= 11 is 0. The highest BCUT2D eigenvalue weighted by molar-refractivity contribution is 5.73. The van der Waals surface area contributed by atoms with Crippen molar-refractivity contribution in [2.75, 3.05) is 66.6 Å². The van der Waals surface area contributed by atoms with Gasteiger partial charge in [-0.25, -0.2) is 9.59 Å². The third-order valence-corrected chi connectivity index (χ3v) is 6.74. The molecule has 0 saturated carbocycles. The number of nitrogens with zero attached hydrogens (tertiary/aromatic N) is 3. The summed E-state index contributed by atoms with van der Waals surface area (Å²) in [4.78, 5) is 25.5. The maximum absolute atomic E-state index is 10.6. The van der Waals surface area contributed by atoms with E-state index in [4.69, 9.17) is 29.3 Å². The van der Waals surface area contributed by atoms with Crippen LogP contribution in [0.5, 0.6) is 5.75 Å². The van der Waals surface area contributed by atoms with Crippen molar-refractivity contribution in [2.24, 2.45) is 11.8 Å². The Morgan fingerprint density at radius 2 is 1.44 bits per heavy atom. The highest BCUT2D eigenvalue weighted by atomic mass is 19.4. The van der Waals surface area contributed by atoms with Crippen LogP contribution in [0.15, 0.2) is 24.3 Å². The number of carboxylic acids is 2. The molecular weight excluding hydrogens is 540 g/mol. The molecule has 0 unspecified atom stereocenters. The van der Waals surface area contributed by atoms with Gasteiger partial charge in [-0.3, -0.25) is 9.80 Å². The molecule has 0 radical (unpaired) electrons. The van der Waals surface area contributed by atoms with Crippen molar-refractivity contribution < 1.29 is 55.6 Å².